The van der Waals surface area contributed by atoms with Crippen LogP contribution in [0.15, 0.2) is 30.3 Å². The van der Waals surface area contributed by atoms with E-state index < -0.39 is 0 Å². The molecule has 2 aromatic rings. The minimum Gasteiger partial charge on any atom is -0.494 e. The molecule has 0 saturated heterocycles. The molecular formula is C15H17Cl2NOS. The first-order valence-electron chi connectivity index (χ1n) is 6.50. The predicted molar refractivity (Wildman–Crippen MR) is 87.5 cm³/mol. The maximum atomic E-state index is 6.25. The van der Waals surface area contributed by atoms with Gasteiger partial charge in [-0.2, -0.15) is 0 Å². The molecule has 5 heteroatoms. The largest absolute Gasteiger partial charge is 0.494 e. The van der Waals surface area contributed by atoms with E-state index in [-0.39, 0.29) is 6.04 Å². The summed E-state index contributed by atoms with van der Waals surface area (Å²) < 4.78 is 7.09. The molecule has 0 saturated carbocycles. The zero-order valence-corrected chi connectivity index (χ0v) is 13.8. The molecule has 0 radical (unpaired) electrons. The third-order valence-electron chi connectivity index (χ3n) is 2.95. The van der Waals surface area contributed by atoms with E-state index in [0.717, 1.165) is 29.9 Å². The summed E-state index contributed by atoms with van der Waals surface area (Å²) in [6.45, 7) is 2.81. The first-order valence-corrected chi connectivity index (χ1v) is 8.07. The summed E-state index contributed by atoms with van der Waals surface area (Å²) in [4.78, 5) is 0. The Morgan fingerprint density at radius 2 is 2.10 bits per heavy atom. The molecule has 0 fully saturated rings. The van der Waals surface area contributed by atoms with Gasteiger partial charge in [-0.1, -0.05) is 42.3 Å². The molecule has 1 heterocycles. The molecule has 0 bridgehead atoms. The second-order valence-corrected chi connectivity index (χ2v) is 6.71. The van der Waals surface area contributed by atoms with Gasteiger partial charge in [0, 0.05) is 5.56 Å². The number of hydrogen-bond acceptors (Lipinski definition) is 3. The number of halogens is 2. The summed E-state index contributed by atoms with van der Waals surface area (Å²) in [5.41, 5.74) is 2.11. The molecule has 1 atom stereocenters. The third-order valence-corrected chi connectivity index (χ3v) is 4.47. The molecule has 0 aliphatic carbocycles. The van der Waals surface area contributed by atoms with Crippen LogP contribution in [-0.2, 0) is 0 Å². The lowest BCUT2D eigenvalue weighted by atomic mass is 10.0. The Balaban J connectivity index is 2.29. The van der Waals surface area contributed by atoms with Crippen LogP contribution in [0.4, 0.5) is 0 Å². The van der Waals surface area contributed by atoms with Gasteiger partial charge in [-0.05, 0) is 37.2 Å². The Kier molecular flexibility index (Phi) is 5.73. The number of nitrogens with one attached hydrogen (secondary N) is 1. The van der Waals surface area contributed by atoms with Crippen molar-refractivity contribution in [3.63, 3.8) is 0 Å². The fourth-order valence-corrected chi connectivity index (χ4v) is 3.59. The Bertz CT molecular complexity index is 571. The SMILES string of the molecule is CCCOc1cccc(C(NC)c2cc(Cl)sc2Cl)c1. The van der Waals surface area contributed by atoms with Crippen LogP contribution < -0.4 is 10.1 Å². The molecule has 0 aliphatic rings. The van der Waals surface area contributed by atoms with E-state index in [0.29, 0.717) is 8.67 Å². The van der Waals surface area contributed by atoms with Gasteiger partial charge >= 0.3 is 0 Å². The average molecular weight is 330 g/mol. The van der Waals surface area contributed by atoms with Crippen LogP contribution in [0.25, 0.3) is 0 Å². The van der Waals surface area contributed by atoms with Crippen LogP contribution in [0.2, 0.25) is 8.67 Å². The van der Waals surface area contributed by atoms with E-state index in [1.165, 1.54) is 11.3 Å². The summed E-state index contributed by atoms with van der Waals surface area (Å²) in [6, 6.07) is 9.98. The van der Waals surface area contributed by atoms with Crippen LogP contribution in [0.3, 0.4) is 0 Å². The highest BCUT2D eigenvalue weighted by atomic mass is 35.5. The second kappa shape index (κ2) is 7.32. The molecular weight excluding hydrogens is 313 g/mol. The Morgan fingerprint density at radius 3 is 2.70 bits per heavy atom. The summed E-state index contributed by atoms with van der Waals surface area (Å²) in [6.07, 6.45) is 0.992. The Labute approximate surface area is 133 Å². The van der Waals surface area contributed by atoms with Crippen LogP contribution in [0.1, 0.15) is 30.5 Å². The highest BCUT2D eigenvalue weighted by Crippen LogP contribution is 2.37. The number of benzene rings is 1. The van der Waals surface area contributed by atoms with Crippen molar-refractivity contribution in [1.29, 1.82) is 0 Å². The molecule has 1 aromatic carbocycles. The Hall–Kier alpha value is -0.740. The van der Waals surface area contributed by atoms with Crippen molar-refractivity contribution in [1.82, 2.24) is 5.32 Å². The normalized spacial score (nSPS) is 12.4. The van der Waals surface area contributed by atoms with Gasteiger partial charge in [0.2, 0.25) is 0 Å². The molecule has 1 aromatic heterocycles. The van der Waals surface area contributed by atoms with E-state index in [9.17, 15) is 0 Å². The van der Waals surface area contributed by atoms with Gasteiger partial charge in [0.1, 0.15) is 5.75 Å². The van der Waals surface area contributed by atoms with Crippen molar-refractivity contribution in [3.8, 4) is 5.75 Å². The third kappa shape index (κ3) is 3.67. The fourth-order valence-electron chi connectivity index (χ4n) is 2.06. The fraction of sp³-hybridized carbons (Fsp3) is 0.333. The number of ether oxygens (including phenoxy) is 1. The quantitative estimate of drug-likeness (QED) is 0.790. The summed E-state index contributed by atoms with van der Waals surface area (Å²) in [5.74, 6) is 0.877. The predicted octanol–water partition coefficient (Wildman–Crippen LogP) is 5.15. The van der Waals surface area contributed by atoms with Gasteiger partial charge < -0.3 is 10.1 Å². The molecule has 0 aliphatic heterocycles. The maximum absolute atomic E-state index is 6.25. The molecule has 20 heavy (non-hydrogen) atoms. The standard InChI is InChI=1S/C15H17Cl2NOS/c1-3-7-19-11-6-4-5-10(8-11)14(18-2)12-9-13(16)20-15(12)17/h4-6,8-9,14,18H,3,7H2,1-2H3. The van der Waals surface area contributed by atoms with E-state index >= 15 is 0 Å². The molecule has 108 valence electrons. The first-order chi connectivity index (χ1) is 9.65. The van der Waals surface area contributed by atoms with Crippen molar-refractivity contribution >= 4 is 34.5 Å². The van der Waals surface area contributed by atoms with Crippen molar-refractivity contribution in [2.24, 2.45) is 0 Å². The minimum absolute atomic E-state index is 0.0106. The topological polar surface area (TPSA) is 21.3 Å². The lowest BCUT2D eigenvalue weighted by Crippen LogP contribution is -2.17. The smallest absolute Gasteiger partial charge is 0.119 e. The summed E-state index contributed by atoms with van der Waals surface area (Å²) in [7, 11) is 1.91. The van der Waals surface area contributed by atoms with Crippen LogP contribution in [0, 0.1) is 0 Å². The minimum atomic E-state index is 0.0106. The highest BCUT2D eigenvalue weighted by Gasteiger charge is 2.18. The average Bonchev–Trinajstić information content (AvgIpc) is 2.77. The van der Waals surface area contributed by atoms with Crippen LogP contribution >= 0.6 is 34.5 Å². The van der Waals surface area contributed by atoms with Crippen molar-refractivity contribution in [2.45, 2.75) is 19.4 Å². The van der Waals surface area contributed by atoms with Crippen molar-refractivity contribution in [2.75, 3.05) is 13.7 Å². The molecule has 2 nitrogen and oxygen atoms in total. The van der Waals surface area contributed by atoms with Gasteiger partial charge in [-0.3, -0.25) is 0 Å². The number of rotatable bonds is 6. The lowest BCUT2D eigenvalue weighted by molar-refractivity contribution is 0.317. The van der Waals surface area contributed by atoms with Gasteiger partial charge in [0.25, 0.3) is 0 Å². The molecule has 1 N–H and O–H groups in total. The van der Waals surface area contributed by atoms with E-state index in [2.05, 4.69) is 18.3 Å². The van der Waals surface area contributed by atoms with Crippen LogP contribution in [0.5, 0.6) is 5.75 Å². The highest BCUT2D eigenvalue weighted by molar-refractivity contribution is 7.20. The Morgan fingerprint density at radius 1 is 1.30 bits per heavy atom. The maximum Gasteiger partial charge on any atom is 0.119 e. The first kappa shape index (κ1) is 15.6. The molecule has 2 rings (SSSR count). The second-order valence-electron chi connectivity index (χ2n) is 4.42. The monoisotopic (exact) mass is 329 g/mol. The number of hydrogen-bond donors (Lipinski definition) is 1. The van der Waals surface area contributed by atoms with Gasteiger partial charge in [-0.25, -0.2) is 0 Å². The van der Waals surface area contributed by atoms with Gasteiger partial charge in [0.15, 0.2) is 0 Å². The van der Waals surface area contributed by atoms with Crippen molar-refractivity contribution in [3.05, 3.63) is 50.1 Å². The zero-order valence-electron chi connectivity index (χ0n) is 11.5. The molecule has 0 spiro atoms. The van der Waals surface area contributed by atoms with E-state index in [1.54, 1.807) is 0 Å². The molecule has 0 amide bonds. The van der Waals surface area contributed by atoms with E-state index in [4.69, 9.17) is 27.9 Å². The van der Waals surface area contributed by atoms with Gasteiger partial charge in [-0.15, -0.1) is 11.3 Å². The summed E-state index contributed by atoms with van der Waals surface area (Å²) in [5, 5.41) is 3.28. The lowest BCUT2D eigenvalue weighted by Gasteiger charge is -2.17. The van der Waals surface area contributed by atoms with Gasteiger partial charge in [0.05, 0.1) is 21.3 Å². The zero-order chi connectivity index (χ0) is 14.5. The van der Waals surface area contributed by atoms with E-state index in [1.807, 2.05) is 31.3 Å². The van der Waals surface area contributed by atoms with Crippen molar-refractivity contribution < 1.29 is 4.74 Å². The van der Waals surface area contributed by atoms with Crippen LogP contribution in [-0.4, -0.2) is 13.7 Å². The molecule has 1 unspecified atom stereocenters. The number of thiophene rings is 1. The summed E-state index contributed by atoms with van der Waals surface area (Å²) >= 11 is 13.7.